The summed E-state index contributed by atoms with van der Waals surface area (Å²) in [5, 5.41) is 13.2. The number of hydrogen-bond donors (Lipinski definition) is 0. The maximum absolute atomic E-state index is 11.1. The number of hydrogen-bond acceptors (Lipinski definition) is 6. The van der Waals surface area contributed by atoms with Crippen molar-refractivity contribution in [2.45, 2.75) is 25.2 Å². The Morgan fingerprint density at radius 1 is 1.56 bits per heavy atom. The molecule has 6 nitrogen and oxygen atoms in total. The average molecular weight is 238 g/mol. The highest BCUT2D eigenvalue weighted by molar-refractivity contribution is 7.16. The quantitative estimate of drug-likeness (QED) is 0.739. The molecule has 84 valence electrons. The van der Waals surface area contributed by atoms with Gasteiger partial charge in [0.05, 0.1) is 13.5 Å². The fourth-order valence-electron chi connectivity index (χ4n) is 1.53. The molecule has 16 heavy (non-hydrogen) atoms. The van der Waals surface area contributed by atoms with Crippen molar-refractivity contribution in [3.8, 4) is 0 Å². The molecule has 3 rings (SSSR count). The number of ether oxygens (including phenoxy) is 1. The van der Waals surface area contributed by atoms with Gasteiger partial charge in [0.15, 0.2) is 5.82 Å². The summed E-state index contributed by atoms with van der Waals surface area (Å²) in [5.74, 6) is 1.14. The largest absolute Gasteiger partial charge is 0.469 e. The summed E-state index contributed by atoms with van der Waals surface area (Å²) >= 11 is 1.38. The van der Waals surface area contributed by atoms with Gasteiger partial charge in [-0.15, -0.1) is 10.2 Å². The van der Waals surface area contributed by atoms with Crippen molar-refractivity contribution < 1.29 is 9.53 Å². The summed E-state index contributed by atoms with van der Waals surface area (Å²) in [4.78, 5) is 11.9. The third-order valence-electron chi connectivity index (χ3n) is 2.52. The van der Waals surface area contributed by atoms with E-state index in [9.17, 15) is 4.79 Å². The predicted molar refractivity (Wildman–Crippen MR) is 56.4 cm³/mol. The van der Waals surface area contributed by atoms with E-state index in [1.807, 2.05) is 0 Å². The zero-order valence-electron chi connectivity index (χ0n) is 8.71. The zero-order chi connectivity index (χ0) is 11.1. The van der Waals surface area contributed by atoms with Crippen molar-refractivity contribution in [3.05, 3.63) is 10.8 Å². The van der Waals surface area contributed by atoms with E-state index in [0.29, 0.717) is 5.92 Å². The van der Waals surface area contributed by atoms with Gasteiger partial charge in [0, 0.05) is 5.92 Å². The third kappa shape index (κ3) is 1.57. The molecule has 0 spiro atoms. The summed E-state index contributed by atoms with van der Waals surface area (Å²) in [7, 11) is 1.37. The molecule has 0 atom stereocenters. The smallest absolute Gasteiger partial charge is 0.312 e. The molecule has 1 aliphatic rings. The van der Waals surface area contributed by atoms with Crippen LogP contribution < -0.4 is 0 Å². The van der Waals surface area contributed by atoms with E-state index in [4.69, 9.17) is 0 Å². The number of methoxy groups -OCH3 is 1. The van der Waals surface area contributed by atoms with Crippen LogP contribution in [0.25, 0.3) is 4.96 Å². The van der Waals surface area contributed by atoms with Gasteiger partial charge in [0.2, 0.25) is 4.96 Å². The molecule has 0 aromatic carbocycles. The first-order valence-corrected chi connectivity index (χ1v) is 5.87. The molecule has 0 bridgehead atoms. The Balaban J connectivity index is 1.93. The molecule has 0 aliphatic heterocycles. The Kier molecular flexibility index (Phi) is 2.13. The fraction of sp³-hybridized carbons (Fsp3) is 0.556. The van der Waals surface area contributed by atoms with Crippen LogP contribution in [-0.4, -0.2) is 32.9 Å². The van der Waals surface area contributed by atoms with Crippen molar-refractivity contribution in [2.24, 2.45) is 0 Å². The molecule has 2 heterocycles. The lowest BCUT2D eigenvalue weighted by atomic mass is 10.4. The van der Waals surface area contributed by atoms with Gasteiger partial charge in [-0.25, -0.2) is 0 Å². The molecular formula is C9H10N4O2S. The van der Waals surface area contributed by atoms with Crippen molar-refractivity contribution in [1.29, 1.82) is 0 Å². The lowest BCUT2D eigenvalue weighted by molar-refractivity contribution is -0.139. The van der Waals surface area contributed by atoms with Crippen molar-refractivity contribution >= 4 is 22.3 Å². The first-order valence-electron chi connectivity index (χ1n) is 5.06. The second-order valence-corrected chi connectivity index (χ2v) is 4.82. The van der Waals surface area contributed by atoms with Crippen LogP contribution in [0.4, 0.5) is 0 Å². The van der Waals surface area contributed by atoms with E-state index in [1.54, 1.807) is 4.52 Å². The number of esters is 1. The fourth-order valence-corrected chi connectivity index (χ4v) is 2.36. The van der Waals surface area contributed by atoms with Gasteiger partial charge in [-0.1, -0.05) is 11.3 Å². The van der Waals surface area contributed by atoms with Crippen LogP contribution >= 0.6 is 11.3 Å². The Morgan fingerprint density at radius 3 is 3.06 bits per heavy atom. The summed E-state index contributed by atoms with van der Waals surface area (Å²) in [6.45, 7) is 0. The second kappa shape index (κ2) is 3.51. The summed E-state index contributed by atoms with van der Waals surface area (Å²) in [6.07, 6.45) is 2.52. The van der Waals surface area contributed by atoms with Gasteiger partial charge < -0.3 is 4.74 Å². The standard InChI is InChI=1S/C9H10N4O2S/c1-15-7(14)4-6-12-13-8(5-2-3-5)10-11-9(13)16-6/h5H,2-4H2,1H3. The lowest BCUT2D eigenvalue weighted by Gasteiger charge is -1.93. The summed E-state index contributed by atoms with van der Waals surface area (Å²) in [6, 6.07) is 0. The van der Waals surface area contributed by atoms with Crippen molar-refractivity contribution in [3.63, 3.8) is 0 Å². The first kappa shape index (κ1) is 9.71. The minimum Gasteiger partial charge on any atom is -0.469 e. The van der Waals surface area contributed by atoms with Crippen molar-refractivity contribution in [2.75, 3.05) is 7.11 Å². The number of rotatable bonds is 3. The molecule has 2 aromatic heterocycles. The first-order chi connectivity index (χ1) is 7.78. The molecule has 1 saturated carbocycles. The average Bonchev–Trinajstić information content (AvgIpc) is 2.92. The molecule has 1 fully saturated rings. The minimum absolute atomic E-state index is 0.203. The normalized spacial score (nSPS) is 15.6. The number of aromatic nitrogens is 4. The molecular weight excluding hydrogens is 228 g/mol. The van der Waals surface area contributed by atoms with Gasteiger partial charge in [0.1, 0.15) is 5.01 Å². The maximum Gasteiger partial charge on any atom is 0.312 e. The SMILES string of the molecule is COC(=O)Cc1nn2c(C3CC3)nnc2s1. The lowest BCUT2D eigenvalue weighted by Crippen LogP contribution is -2.05. The molecule has 7 heteroatoms. The highest BCUT2D eigenvalue weighted by Crippen LogP contribution is 2.39. The van der Waals surface area contributed by atoms with E-state index in [-0.39, 0.29) is 12.4 Å². The van der Waals surface area contributed by atoms with Crippen LogP contribution in [0, 0.1) is 0 Å². The van der Waals surface area contributed by atoms with Gasteiger partial charge in [0.25, 0.3) is 0 Å². The highest BCUT2D eigenvalue weighted by atomic mass is 32.1. The van der Waals surface area contributed by atoms with Crippen LogP contribution in [0.15, 0.2) is 0 Å². The van der Waals surface area contributed by atoms with Crippen molar-refractivity contribution in [1.82, 2.24) is 19.8 Å². The summed E-state index contributed by atoms with van der Waals surface area (Å²) in [5.41, 5.74) is 0. The van der Waals surface area contributed by atoms with Gasteiger partial charge in [-0.05, 0) is 12.8 Å². The van der Waals surface area contributed by atoms with Crippen LogP contribution in [0.2, 0.25) is 0 Å². The molecule has 1 aliphatic carbocycles. The molecule has 0 unspecified atom stereocenters. The number of carbonyl (C=O) groups is 1. The van der Waals surface area contributed by atoms with Gasteiger partial charge >= 0.3 is 5.97 Å². The number of fused-ring (bicyclic) bond motifs is 1. The minimum atomic E-state index is -0.280. The van der Waals surface area contributed by atoms with E-state index in [1.165, 1.54) is 18.4 Å². The monoisotopic (exact) mass is 238 g/mol. The zero-order valence-corrected chi connectivity index (χ0v) is 9.53. The molecule has 2 aromatic rings. The molecule has 0 amide bonds. The van der Waals surface area contributed by atoms with E-state index in [2.05, 4.69) is 20.0 Å². The number of nitrogens with zero attached hydrogens (tertiary/aromatic N) is 4. The Labute approximate surface area is 95.2 Å². The van der Waals surface area contributed by atoms with Gasteiger partial charge in [-0.3, -0.25) is 4.79 Å². The molecule has 0 N–H and O–H groups in total. The van der Waals surface area contributed by atoms with Crippen LogP contribution in [0.3, 0.4) is 0 Å². The van der Waals surface area contributed by atoms with E-state index < -0.39 is 0 Å². The Bertz CT molecular complexity index is 543. The number of carbonyl (C=O) groups excluding carboxylic acids is 1. The summed E-state index contributed by atoms with van der Waals surface area (Å²) < 4.78 is 6.35. The van der Waals surface area contributed by atoms with Gasteiger partial charge in [-0.2, -0.15) is 9.61 Å². The predicted octanol–water partition coefficient (Wildman–Crippen LogP) is 0.779. The van der Waals surface area contributed by atoms with E-state index in [0.717, 1.165) is 28.6 Å². The maximum atomic E-state index is 11.1. The molecule has 0 saturated heterocycles. The Morgan fingerprint density at radius 2 is 2.38 bits per heavy atom. The topological polar surface area (TPSA) is 69.4 Å². The van der Waals surface area contributed by atoms with E-state index >= 15 is 0 Å². The highest BCUT2D eigenvalue weighted by Gasteiger charge is 2.30. The Hall–Kier alpha value is -1.50. The molecule has 0 radical (unpaired) electrons. The van der Waals surface area contributed by atoms with Crippen LogP contribution in [-0.2, 0) is 16.0 Å². The third-order valence-corrected chi connectivity index (χ3v) is 3.42. The van der Waals surface area contributed by atoms with Crippen LogP contribution in [0.1, 0.15) is 29.6 Å². The second-order valence-electron chi connectivity index (χ2n) is 3.78. The van der Waals surface area contributed by atoms with Crippen LogP contribution in [0.5, 0.6) is 0 Å².